The molecule has 0 unspecified atom stereocenters. The predicted octanol–water partition coefficient (Wildman–Crippen LogP) is 2.25. The van der Waals surface area contributed by atoms with Gasteiger partial charge in [-0.1, -0.05) is 43.9 Å². The van der Waals surface area contributed by atoms with Gasteiger partial charge in [0.05, 0.1) is 5.56 Å². The van der Waals surface area contributed by atoms with Crippen molar-refractivity contribution in [3.05, 3.63) is 35.9 Å². The molecular formula is C15H18O3. The van der Waals surface area contributed by atoms with E-state index in [0.29, 0.717) is 5.56 Å². The van der Waals surface area contributed by atoms with Crippen LogP contribution in [0.5, 0.6) is 0 Å². The molecule has 0 saturated heterocycles. The van der Waals surface area contributed by atoms with Crippen LogP contribution in [0.4, 0.5) is 0 Å². The first-order valence-corrected chi connectivity index (χ1v) is 5.96. The van der Waals surface area contributed by atoms with Crippen molar-refractivity contribution in [2.45, 2.75) is 33.0 Å². The molecule has 3 nitrogen and oxygen atoms in total. The monoisotopic (exact) mass is 246 g/mol. The van der Waals surface area contributed by atoms with Crippen LogP contribution in [0.1, 0.15) is 31.1 Å². The first-order chi connectivity index (χ1) is 8.50. The van der Waals surface area contributed by atoms with Crippen LogP contribution >= 0.6 is 0 Å². The normalized spacial score (nSPS) is 13.4. The molecular weight excluding hydrogens is 228 g/mol. The van der Waals surface area contributed by atoms with Gasteiger partial charge in [0.2, 0.25) is 0 Å². The highest BCUT2D eigenvalue weighted by Gasteiger charge is 2.10. The maximum atomic E-state index is 11.7. The third kappa shape index (κ3) is 4.60. The molecule has 0 bridgehead atoms. The maximum absolute atomic E-state index is 11.7. The summed E-state index contributed by atoms with van der Waals surface area (Å²) in [7, 11) is 0. The lowest BCUT2D eigenvalue weighted by atomic mass is 10.1. The van der Waals surface area contributed by atoms with Crippen molar-refractivity contribution < 1.29 is 14.6 Å². The van der Waals surface area contributed by atoms with Crippen LogP contribution in [0.2, 0.25) is 0 Å². The van der Waals surface area contributed by atoms with E-state index in [9.17, 15) is 9.90 Å². The number of aliphatic hydroxyl groups excluding tert-OH is 1. The molecule has 2 atom stereocenters. The summed E-state index contributed by atoms with van der Waals surface area (Å²) in [6, 6.07) is 8.75. The molecule has 0 aromatic heterocycles. The largest absolute Gasteiger partial charge is 0.446 e. The number of esters is 1. The minimum absolute atomic E-state index is 0.0644. The van der Waals surface area contributed by atoms with Crippen molar-refractivity contribution in [3.63, 3.8) is 0 Å². The Hall–Kier alpha value is -1.79. The SMILES string of the molecule is CC(C)[C@@H](O)C#C[C@H](C)OC(=O)c1ccccc1. The Bertz CT molecular complexity index is 440. The number of hydrogen-bond acceptors (Lipinski definition) is 3. The van der Waals surface area contributed by atoms with Gasteiger partial charge in [0.15, 0.2) is 6.10 Å². The number of carbonyl (C=O) groups is 1. The smallest absolute Gasteiger partial charge is 0.339 e. The van der Waals surface area contributed by atoms with E-state index in [0.717, 1.165) is 0 Å². The van der Waals surface area contributed by atoms with Gasteiger partial charge in [0.1, 0.15) is 6.10 Å². The standard InChI is InChI=1S/C15H18O3/c1-11(2)14(16)10-9-12(3)18-15(17)13-7-5-4-6-8-13/h4-8,11-12,14,16H,1-3H3/t12-,14-/m0/s1. The van der Waals surface area contributed by atoms with Gasteiger partial charge in [-0.3, -0.25) is 0 Å². The van der Waals surface area contributed by atoms with E-state index in [-0.39, 0.29) is 5.92 Å². The summed E-state index contributed by atoms with van der Waals surface area (Å²) in [5, 5.41) is 9.51. The Kier molecular flexibility index (Phi) is 5.41. The average Bonchev–Trinajstić information content (AvgIpc) is 2.36. The highest BCUT2D eigenvalue weighted by molar-refractivity contribution is 5.89. The summed E-state index contributed by atoms with van der Waals surface area (Å²) in [6.07, 6.45) is -1.23. The topological polar surface area (TPSA) is 46.5 Å². The van der Waals surface area contributed by atoms with Gasteiger partial charge in [-0.15, -0.1) is 0 Å². The summed E-state index contributed by atoms with van der Waals surface area (Å²) in [4.78, 5) is 11.7. The third-order valence-electron chi connectivity index (χ3n) is 2.36. The van der Waals surface area contributed by atoms with Gasteiger partial charge < -0.3 is 9.84 Å². The van der Waals surface area contributed by atoms with E-state index in [4.69, 9.17) is 4.74 Å². The Morgan fingerprint density at radius 1 is 1.17 bits per heavy atom. The quantitative estimate of drug-likeness (QED) is 0.657. The molecule has 0 heterocycles. The molecule has 96 valence electrons. The molecule has 1 aromatic rings. The summed E-state index contributed by atoms with van der Waals surface area (Å²) in [5.74, 6) is 5.05. The Labute approximate surface area is 108 Å². The zero-order valence-corrected chi connectivity index (χ0v) is 10.9. The van der Waals surface area contributed by atoms with E-state index in [1.807, 2.05) is 19.9 Å². The molecule has 0 amide bonds. The number of hydrogen-bond donors (Lipinski definition) is 1. The number of carbonyl (C=O) groups excluding carboxylic acids is 1. The van der Waals surface area contributed by atoms with Crippen LogP contribution in [-0.4, -0.2) is 23.3 Å². The second kappa shape index (κ2) is 6.83. The van der Waals surface area contributed by atoms with Gasteiger partial charge in [-0.25, -0.2) is 4.79 Å². The van der Waals surface area contributed by atoms with Crippen LogP contribution < -0.4 is 0 Å². The van der Waals surface area contributed by atoms with Crippen LogP contribution in [-0.2, 0) is 4.74 Å². The van der Waals surface area contributed by atoms with E-state index in [1.54, 1.807) is 31.2 Å². The van der Waals surface area contributed by atoms with Crippen molar-refractivity contribution >= 4 is 5.97 Å². The predicted molar refractivity (Wildman–Crippen MR) is 69.9 cm³/mol. The van der Waals surface area contributed by atoms with Crippen LogP contribution in [0.25, 0.3) is 0 Å². The zero-order valence-electron chi connectivity index (χ0n) is 10.9. The lowest BCUT2D eigenvalue weighted by Gasteiger charge is -2.09. The van der Waals surface area contributed by atoms with Crippen molar-refractivity contribution in [3.8, 4) is 11.8 Å². The van der Waals surface area contributed by atoms with Gasteiger partial charge in [0, 0.05) is 0 Å². The minimum Gasteiger partial charge on any atom is -0.446 e. The second-order valence-corrected chi connectivity index (χ2v) is 4.39. The number of aliphatic hydroxyl groups is 1. The molecule has 1 rings (SSSR count). The maximum Gasteiger partial charge on any atom is 0.339 e. The molecule has 0 spiro atoms. The summed E-state index contributed by atoms with van der Waals surface area (Å²) in [6.45, 7) is 5.43. The Morgan fingerprint density at radius 2 is 1.78 bits per heavy atom. The molecule has 0 fully saturated rings. The van der Waals surface area contributed by atoms with Crippen molar-refractivity contribution in [2.24, 2.45) is 5.92 Å². The van der Waals surface area contributed by atoms with Crippen LogP contribution in [0, 0.1) is 17.8 Å². The third-order valence-corrected chi connectivity index (χ3v) is 2.36. The highest BCUT2D eigenvalue weighted by Crippen LogP contribution is 2.04. The summed E-state index contributed by atoms with van der Waals surface area (Å²) < 4.78 is 5.14. The van der Waals surface area contributed by atoms with E-state index in [1.165, 1.54) is 0 Å². The fourth-order valence-corrected chi connectivity index (χ4v) is 1.20. The van der Waals surface area contributed by atoms with Crippen LogP contribution in [0.3, 0.4) is 0 Å². The summed E-state index contributed by atoms with van der Waals surface area (Å²) in [5.41, 5.74) is 0.496. The lowest BCUT2D eigenvalue weighted by molar-refractivity contribution is 0.0437. The van der Waals surface area contributed by atoms with Crippen LogP contribution in [0.15, 0.2) is 30.3 Å². The summed E-state index contributed by atoms with van der Waals surface area (Å²) >= 11 is 0. The first kappa shape index (κ1) is 14.3. The van der Waals surface area contributed by atoms with E-state index in [2.05, 4.69) is 11.8 Å². The molecule has 0 radical (unpaired) electrons. The number of benzene rings is 1. The number of ether oxygens (including phenoxy) is 1. The fourth-order valence-electron chi connectivity index (χ4n) is 1.20. The molecule has 1 N–H and O–H groups in total. The highest BCUT2D eigenvalue weighted by atomic mass is 16.5. The van der Waals surface area contributed by atoms with Gasteiger partial charge in [-0.2, -0.15) is 0 Å². The second-order valence-electron chi connectivity index (χ2n) is 4.39. The van der Waals surface area contributed by atoms with Crippen molar-refractivity contribution in [1.82, 2.24) is 0 Å². The average molecular weight is 246 g/mol. The van der Waals surface area contributed by atoms with Gasteiger partial charge in [0.25, 0.3) is 0 Å². The lowest BCUT2D eigenvalue weighted by Crippen LogP contribution is -2.16. The van der Waals surface area contributed by atoms with Gasteiger partial charge in [-0.05, 0) is 25.0 Å². The molecule has 0 saturated carbocycles. The zero-order chi connectivity index (χ0) is 13.5. The van der Waals surface area contributed by atoms with Crippen molar-refractivity contribution in [2.75, 3.05) is 0 Å². The first-order valence-electron chi connectivity index (χ1n) is 5.96. The van der Waals surface area contributed by atoms with E-state index >= 15 is 0 Å². The Balaban J connectivity index is 2.55. The molecule has 3 heteroatoms. The molecule has 0 aliphatic carbocycles. The minimum atomic E-state index is -0.692. The Morgan fingerprint density at radius 3 is 2.33 bits per heavy atom. The molecule has 0 aliphatic rings. The molecule has 1 aromatic carbocycles. The van der Waals surface area contributed by atoms with Gasteiger partial charge >= 0.3 is 5.97 Å². The molecule has 18 heavy (non-hydrogen) atoms. The fraction of sp³-hybridized carbons (Fsp3) is 0.400. The van der Waals surface area contributed by atoms with E-state index < -0.39 is 18.2 Å². The molecule has 0 aliphatic heterocycles. The number of rotatable bonds is 3. The van der Waals surface area contributed by atoms with Crippen molar-refractivity contribution in [1.29, 1.82) is 0 Å².